The van der Waals surface area contributed by atoms with Crippen LogP contribution in [0.4, 0.5) is 0 Å². The van der Waals surface area contributed by atoms with Gasteiger partial charge in [0.1, 0.15) is 5.78 Å². The van der Waals surface area contributed by atoms with Crippen LogP contribution in [0, 0.1) is 5.92 Å². The SMILES string of the molecule is CCCCCCCCC(=O)CC1CCSCC1. The van der Waals surface area contributed by atoms with Gasteiger partial charge in [0.2, 0.25) is 0 Å². The van der Waals surface area contributed by atoms with E-state index in [-0.39, 0.29) is 0 Å². The Labute approximate surface area is 111 Å². The summed E-state index contributed by atoms with van der Waals surface area (Å²) in [6.45, 7) is 2.24. The molecule has 0 unspecified atom stereocenters. The van der Waals surface area contributed by atoms with Gasteiger partial charge in [-0.3, -0.25) is 4.79 Å². The average molecular weight is 256 g/mol. The van der Waals surface area contributed by atoms with Gasteiger partial charge in [0.25, 0.3) is 0 Å². The Morgan fingerprint density at radius 2 is 1.71 bits per heavy atom. The molecule has 0 aliphatic carbocycles. The highest BCUT2D eigenvalue weighted by atomic mass is 32.2. The number of unbranched alkanes of at least 4 members (excludes halogenated alkanes) is 5. The van der Waals surface area contributed by atoms with Crippen molar-refractivity contribution in [1.29, 1.82) is 0 Å². The highest BCUT2D eigenvalue weighted by Crippen LogP contribution is 2.26. The molecule has 0 aromatic rings. The second-order valence-electron chi connectivity index (χ2n) is 5.32. The van der Waals surface area contributed by atoms with Crippen LogP contribution in [0.2, 0.25) is 0 Å². The first-order valence-corrected chi connectivity index (χ1v) is 8.58. The molecule has 0 N–H and O–H groups in total. The lowest BCUT2D eigenvalue weighted by Crippen LogP contribution is -2.14. The third-order valence-corrected chi connectivity index (χ3v) is 4.72. The van der Waals surface area contributed by atoms with Gasteiger partial charge in [0.05, 0.1) is 0 Å². The number of ketones is 1. The molecule has 1 aliphatic heterocycles. The number of carbonyl (C=O) groups is 1. The zero-order chi connectivity index (χ0) is 12.3. The van der Waals surface area contributed by atoms with Crippen LogP contribution in [0.15, 0.2) is 0 Å². The molecular weight excluding hydrogens is 228 g/mol. The summed E-state index contributed by atoms with van der Waals surface area (Å²) in [6.07, 6.45) is 12.0. The monoisotopic (exact) mass is 256 g/mol. The van der Waals surface area contributed by atoms with Crippen LogP contribution >= 0.6 is 11.8 Å². The number of hydrogen-bond donors (Lipinski definition) is 0. The lowest BCUT2D eigenvalue weighted by atomic mass is 9.94. The van der Waals surface area contributed by atoms with E-state index in [9.17, 15) is 4.79 Å². The molecular formula is C15H28OS. The first-order chi connectivity index (χ1) is 8.33. The van der Waals surface area contributed by atoms with Crippen molar-refractivity contribution in [2.75, 3.05) is 11.5 Å². The van der Waals surface area contributed by atoms with E-state index in [4.69, 9.17) is 0 Å². The summed E-state index contributed by atoms with van der Waals surface area (Å²) in [4.78, 5) is 11.8. The van der Waals surface area contributed by atoms with Gasteiger partial charge in [-0.05, 0) is 36.7 Å². The maximum atomic E-state index is 11.8. The Morgan fingerprint density at radius 3 is 2.41 bits per heavy atom. The highest BCUT2D eigenvalue weighted by molar-refractivity contribution is 7.99. The minimum Gasteiger partial charge on any atom is -0.300 e. The lowest BCUT2D eigenvalue weighted by Gasteiger charge is -2.20. The fourth-order valence-corrected chi connectivity index (χ4v) is 3.68. The second kappa shape index (κ2) is 9.99. The fourth-order valence-electron chi connectivity index (χ4n) is 2.48. The van der Waals surface area contributed by atoms with E-state index in [0.717, 1.165) is 19.3 Å². The van der Waals surface area contributed by atoms with Crippen LogP contribution in [0.1, 0.15) is 71.1 Å². The van der Waals surface area contributed by atoms with Crippen LogP contribution in [0.25, 0.3) is 0 Å². The van der Waals surface area contributed by atoms with E-state index >= 15 is 0 Å². The molecule has 0 spiro atoms. The van der Waals surface area contributed by atoms with Crippen molar-refractivity contribution in [3.63, 3.8) is 0 Å². The molecule has 1 rings (SSSR count). The van der Waals surface area contributed by atoms with Crippen LogP contribution < -0.4 is 0 Å². The zero-order valence-corrected chi connectivity index (χ0v) is 12.2. The van der Waals surface area contributed by atoms with Crippen molar-refractivity contribution in [2.24, 2.45) is 5.92 Å². The number of carbonyl (C=O) groups excluding carboxylic acids is 1. The molecule has 1 nitrogen and oxygen atoms in total. The van der Waals surface area contributed by atoms with Crippen molar-refractivity contribution >= 4 is 17.5 Å². The summed E-state index contributed by atoms with van der Waals surface area (Å²) in [5, 5.41) is 0. The molecule has 0 atom stereocenters. The summed E-state index contributed by atoms with van der Waals surface area (Å²) in [7, 11) is 0. The van der Waals surface area contributed by atoms with Gasteiger partial charge in [-0.15, -0.1) is 0 Å². The molecule has 1 aliphatic rings. The van der Waals surface area contributed by atoms with E-state index in [0.29, 0.717) is 11.7 Å². The van der Waals surface area contributed by atoms with E-state index < -0.39 is 0 Å². The summed E-state index contributed by atoms with van der Waals surface area (Å²) in [6, 6.07) is 0. The largest absolute Gasteiger partial charge is 0.300 e. The molecule has 1 fully saturated rings. The van der Waals surface area contributed by atoms with E-state index in [1.54, 1.807) is 0 Å². The summed E-state index contributed by atoms with van der Waals surface area (Å²) in [5.41, 5.74) is 0. The van der Waals surface area contributed by atoms with Crippen molar-refractivity contribution in [1.82, 2.24) is 0 Å². The van der Waals surface area contributed by atoms with Crippen molar-refractivity contribution in [2.45, 2.75) is 71.1 Å². The topological polar surface area (TPSA) is 17.1 Å². The molecule has 0 bridgehead atoms. The zero-order valence-electron chi connectivity index (χ0n) is 11.4. The first kappa shape index (κ1) is 15.1. The van der Waals surface area contributed by atoms with Crippen LogP contribution in [0.3, 0.4) is 0 Å². The Morgan fingerprint density at radius 1 is 1.06 bits per heavy atom. The third-order valence-electron chi connectivity index (χ3n) is 3.67. The first-order valence-electron chi connectivity index (χ1n) is 7.42. The minimum absolute atomic E-state index is 0.525. The van der Waals surface area contributed by atoms with Crippen LogP contribution in [-0.2, 0) is 4.79 Å². The van der Waals surface area contributed by atoms with E-state index in [1.165, 1.54) is 56.5 Å². The molecule has 2 heteroatoms. The van der Waals surface area contributed by atoms with Gasteiger partial charge in [-0.2, -0.15) is 11.8 Å². The van der Waals surface area contributed by atoms with Gasteiger partial charge < -0.3 is 0 Å². The normalized spacial score (nSPS) is 17.2. The van der Waals surface area contributed by atoms with Crippen molar-refractivity contribution in [3.8, 4) is 0 Å². The Balaban J connectivity index is 1.93. The Hall–Kier alpha value is 0.0200. The van der Waals surface area contributed by atoms with Crippen LogP contribution in [0.5, 0.6) is 0 Å². The van der Waals surface area contributed by atoms with Gasteiger partial charge in [-0.25, -0.2) is 0 Å². The molecule has 1 heterocycles. The maximum Gasteiger partial charge on any atom is 0.133 e. The Kier molecular flexibility index (Phi) is 8.86. The lowest BCUT2D eigenvalue weighted by molar-refractivity contribution is -0.120. The van der Waals surface area contributed by atoms with E-state index in [1.807, 2.05) is 11.8 Å². The van der Waals surface area contributed by atoms with E-state index in [2.05, 4.69) is 6.92 Å². The third kappa shape index (κ3) is 7.86. The predicted molar refractivity (Wildman–Crippen MR) is 77.7 cm³/mol. The maximum absolute atomic E-state index is 11.8. The fraction of sp³-hybridized carbons (Fsp3) is 0.933. The molecule has 100 valence electrons. The highest BCUT2D eigenvalue weighted by Gasteiger charge is 2.16. The van der Waals surface area contributed by atoms with Gasteiger partial charge in [0.15, 0.2) is 0 Å². The molecule has 17 heavy (non-hydrogen) atoms. The second-order valence-corrected chi connectivity index (χ2v) is 6.54. The average Bonchev–Trinajstić information content (AvgIpc) is 2.35. The number of Topliss-reactive ketones (excluding diaryl/α,β-unsaturated/α-hetero) is 1. The smallest absolute Gasteiger partial charge is 0.133 e. The van der Waals surface area contributed by atoms with Gasteiger partial charge >= 0.3 is 0 Å². The molecule has 0 amide bonds. The van der Waals surface area contributed by atoms with Crippen molar-refractivity contribution < 1.29 is 4.79 Å². The minimum atomic E-state index is 0.525. The van der Waals surface area contributed by atoms with Gasteiger partial charge in [0, 0.05) is 12.8 Å². The number of rotatable bonds is 9. The predicted octanol–water partition coefficient (Wildman–Crippen LogP) is 4.84. The number of thioether (sulfide) groups is 1. The molecule has 0 aromatic carbocycles. The quantitative estimate of drug-likeness (QED) is 0.549. The van der Waals surface area contributed by atoms with Gasteiger partial charge in [-0.1, -0.05) is 39.0 Å². The Bertz CT molecular complexity index is 197. The molecule has 1 saturated heterocycles. The van der Waals surface area contributed by atoms with Crippen LogP contribution in [-0.4, -0.2) is 17.3 Å². The molecule has 0 saturated carbocycles. The molecule has 0 radical (unpaired) electrons. The summed E-state index contributed by atoms with van der Waals surface area (Å²) in [5.74, 6) is 3.78. The molecule has 0 aromatic heterocycles. The number of hydrogen-bond acceptors (Lipinski definition) is 2. The van der Waals surface area contributed by atoms with Crippen molar-refractivity contribution in [3.05, 3.63) is 0 Å². The standard InChI is InChI=1S/C15H28OS/c1-2-3-4-5-6-7-8-15(16)13-14-9-11-17-12-10-14/h14H,2-13H2,1H3. The summed E-state index contributed by atoms with van der Waals surface area (Å²) >= 11 is 2.04. The summed E-state index contributed by atoms with van der Waals surface area (Å²) < 4.78 is 0.